The highest BCUT2D eigenvalue weighted by atomic mass is 31.2. The molecule has 2 heterocycles. The summed E-state index contributed by atoms with van der Waals surface area (Å²) in [5, 5.41) is 110. The van der Waals surface area contributed by atoms with Crippen molar-refractivity contribution < 1.29 is 117 Å². The van der Waals surface area contributed by atoms with E-state index in [0.717, 1.165) is 96.3 Å². The van der Waals surface area contributed by atoms with Crippen molar-refractivity contribution >= 4 is 25.7 Å². The SMILES string of the molecule is CCCCCCCC/C=C\CCCCCC(=O)OCC(COP(=O)(O)OC1C(OC2OC(CO)C(O)C(O)C2O)C(O)C(O)C(O)C1OC1OC(COC(=O)CCCCC/C=C\CCCCCCCC)C(O)C(O)C1O)OC(=O)CCCCCCCCCCCCCCCCCCC. The number of carbonyl (C=O) groups is 3. The van der Waals surface area contributed by atoms with Crippen LogP contribution in [0.2, 0.25) is 0 Å². The van der Waals surface area contributed by atoms with Crippen molar-refractivity contribution in [2.24, 2.45) is 0 Å². The molecule has 11 N–H and O–H groups in total. The van der Waals surface area contributed by atoms with E-state index in [4.69, 9.17) is 42.2 Å². The van der Waals surface area contributed by atoms with E-state index in [-0.39, 0.29) is 19.3 Å². The Hall–Kier alpha value is -2.56. The maximum absolute atomic E-state index is 14.3. The highest BCUT2D eigenvalue weighted by Crippen LogP contribution is 2.49. The molecule has 0 aromatic heterocycles. The lowest BCUT2D eigenvalue weighted by molar-refractivity contribution is -0.360. The Morgan fingerprint density at radius 2 is 0.714 bits per heavy atom. The van der Waals surface area contributed by atoms with Gasteiger partial charge in [0, 0.05) is 19.3 Å². The van der Waals surface area contributed by atoms with E-state index in [2.05, 4.69) is 45.1 Å². The fourth-order valence-electron chi connectivity index (χ4n) is 12.5. The van der Waals surface area contributed by atoms with Crippen molar-refractivity contribution in [3.05, 3.63) is 24.3 Å². The maximum Gasteiger partial charge on any atom is 0.472 e. The lowest BCUT2D eigenvalue weighted by Crippen LogP contribution is -2.69. The summed E-state index contributed by atoms with van der Waals surface area (Å²) in [4.78, 5) is 51.0. The normalized spacial score (nSPS) is 27.7. The van der Waals surface area contributed by atoms with Crippen molar-refractivity contribution in [2.45, 2.75) is 395 Å². The Kier molecular flexibility index (Phi) is 50.3. The Morgan fingerprint density at radius 1 is 0.388 bits per heavy atom. The van der Waals surface area contributed by atoms with Crippen LogP contribution in [0.1, 0.15) is 290 Å². The Balaban J connectivity index is 1.74. The summed E-state index contributed by atoms with van der Waals surface area (Å²) in [6.07, 6.45) is 15.3. The molecule has 0 aromatic carbocycles. The minimum absolute atomic E-state index is 0.00775. The number of hydrogen-bond acceptors (Lipinski definition) is 23. The molecule has 574 valence electrons. The number of esters is 3. The molecule has 18 atom stereocenters. The van der Waals surface area contributed by atoms with Crippen molar-refractivity contribution in [3.63, 3.8) is 0 Å². The third-order valence-electron chi connectivity index (χ3n) is 18.7. The molecule has 3 rings (SSSR count). The summed E-state index contributed by atoms with van der Waals surface area (Å²) in [6.45, 7) is 3.41. The number of ether oxygens (including phenoxy) is 7. The van der Waals surface area contributed by atoms with Crippen LogP contribution in [-0.2, 0) is 61.2 Å². The fraction of sp³-hybridized carbons (Fsp3) is 0.904. The standard InChI is InChI=1S/C73H133O24P/c1-4-7-10-13-16-19-22-25-26-27-28-31-34-37-40-43-46-49-59(77)92-54(51-89-57(75)47-44-41-38-35-32-29-23-20-17-14-11-8-5-2)52-91-98(87,88)97-71-69(95-72-67(85)62(80)60(78)55(50-74)93-72)65(83)64(82)66(84)70(71)96-73-68(86)63(81)61(79)56(94-73)53-90-58(76)48-45-42-39-36-33-30-24-21-18-15-12-9-6-3/h29-30,32-33,54-56,60-74,78-86H,4-28,31,34-53H2,1-3H3,(H,87,88)/b32-29-,33-30-. The van der Waals surface area contributed by atoms with Crippen LogP contribution >= 0.6 is 7.82 Å². The zero-order chi connectivity index (χ0) is 71.8. The third-order valence-corrected chi connectivity index (χ3v) is 19.7. The zero-order valence-corrected chi connectivity index (χ0v) is 60.7. The average Bonchev–Trinajstić information content (AvgIpc) is 0.763. The van der Waals surface area contributed by atoms with Crippen LogP contribution in [0.25, 0.3) is 0 Å². The molecule has 2 saturated heterocycles. The molecule has 0 amide bonds. The van der Waals surface area contributed by atoms with Gasteiger partial charge in [0.15, 0.2) is 18.7 Å². The summed E-state index contributed by atoms with van der Waals surface area (Å²) in [5.74, 6) is -2.02. The maximum atomic E-state index is 14.3. The first-order chi connectivity index (χ1) is 47.3. The third kappa shape index (κ3) is 37.7. The second kappa shape index (κ2) is 55.0. The molecule has 3 fully saturated rings. The minimum Gasteiger partial charge on any atom is -0.463 e. The molecule has 25 heteroatoms. The largest absolute Gasteiger partial charge is 0.472 e. The number of hydrogen-bond donors (Lipinski definition) is 11. The summed E-state index contributed by atoms with van der Waals surface area (Å²) in [5.41, 5.74) is 0. The Bertz CT molecular complexity index is 2120. The molecule has 98 heavy (non-hydrogen) atoms. The van der Waals surface area contributed by atoms with Crippen molar-refractivity contribution in [3.8, 4) is 0 Å². The first-order valence-corrected chi connectivity index (χ1v) is 39.6. The van der Waals surface area contributed by atoms with Gasteiger partial charge in [0.2, 0.25) is 0 Å². The van der Waals surface area contributed by atoms with E-state index in [1.807, 2.05) is 0 Å². The summed E-state index contributed by atoms with van der Waals surface area (Å²) in [7, 11) is -5.70. The van der Waals surface area contributed by atoms with Gasteiger partial charge in [-0.2, -0.15) is 0 Å². The molecule has 1 saturated carbocycles. The first-order valence-electron chi connectivity index (χ1n) is 38.1. The van der Waals surface area contributed by atoms with Crippen LogP contribution in [0.5, 0.6) is 0 Å². The molecule has 0 radical (unpaired) electrons. The van der Waals surface area contributed by atoms with Gasteiger partial charge in [-0.05, 0) is 70.6 Å². The summed E-state index contributed by atoms with van der Waals surface area (Å²) >= 11 is 0. The Morgan fingerprint density at radius 3 is 1.11 bits per heavy atom. The van der Waals surface area contributed by atoms with Crippen LogP contribution in [0.3, 0.4) is 0 Å². The highest BCUT2D eigenvalue weighted by Gasteiger charge is 2.58. The number of phosphoric acid groups is 1. The molecule has 3 aliphatic rings. The van der Waals surface area contributed by atoms with Gasteiger partial charge in [-0.3, -0.25) is 23.4 Å². The molecule has 24 nitrogen and oxygen atoms in total. The number of aliphatic hydroxyl groups is 10. The van der Waals surface area contributed by atoms with E-state index in [1.54, 1.807) is 0 Å². The number of phosphoric ester groups is 1. The van der Waals surface area contributed by atoms with Gasteiger partial charge in [-0.1, -0.05) is 225 Å². The second-order valence-electron chi connectivity index (χ2n) is 27.4. The topological polar surface area (TPSA) is 374 Å². The molecule has 1 aliphatic carbocycles. The lowest BCUT2D eigenvalue weighted by Gasteiger charge is -2.49. The monoisotopic (exact) mass is 1420 g/mol. The molecular formula is C73H133O24P. The molecule has 0 bridgehead atoms. The van der Waals surface area contributed by atoms with E-state index in [1.165, 1.54) is 135 Å². The molecule has 18 unspecified atom stereocenters. The van der Waals surface area contributed by atoms with Gasteiger partial charge in [0.1, 0.15) is 98.7 Å². The van der Waals surface area contributed by atoms with Crippen LogP contribution in [0, 0.1) is 0 Å². The number of rotatable bonds is 59. The van der Waals surface area contributed by atoms with Crippen molar-refractivity contribution in [1.29, 1.82) is 0 Å². The van der Waals surface area contributed by atoms with Crippen molar-refractivity contribution in [2.75, 3.05) is 26.4 Å². The van der Waals surface area contributed by atoms with E-state index >= 15 is 0 Å². The molecule has 2 aliphatic heterocycles. The summed E-state index contributed by atoms with van der Waals surface area (Å²) in [6, 6.07) is 0. The van der Waals surface area contributed by atoms with Crippen molar-refractivity contribution in [1.82, 2.24) is 0 Å². The van der Waals surface area contributed by atoms with Gasteiger partial charge in [-0.25, -0.2) is 4.57 Å². The number of carbonyl (C=O) groups excluding carboxylic acids is 3. The van der Waals surface area contributed by atoms with Gasteiger partial charge in [0.25, 0.3) is 0 Å². The van der Waals surface area contributed by atoms with Gasteiger partial charge < -0.3 is 89.1 Å². The van der Waals surface area contributed by atoms with Crippen LogP contribution < -0.4 is 0 Å². The molecular weight excluding hydrogens is 1290 g/mol. The number of aliphatic hydroxyl groups excluding tert-OH is 10. The molecule has 0 aromatic rings. The van der Waals surface area contributed by atoms with Crippen LogP contribution in [-0.4, -0.2) is 204 Å². The number of allylic oxidation sites excluding steroid dienone is 4. The van der Waals surface area contributed by atoms with E-state index < -0.39 is 156 Å². The zero-order valence-electron chi connectivity index (χ0n) is 59.8. The van der Waals surface area contributed by atoms with E-state index in [9.17, 15) is 74.9 Å². The number of unbranched alkanes of at least 4 members (excludes halogenated alkanes) is 34. The lowest BCUT2D eigenvalue weighted by atomic mass is 9.84. The van der Waals surface area contributed by atoms with Gasteiger partial charge in [0.05, 0.1) is 13.2 Å². The molecule has 0 spiro atoms. The predicted molar refractivity (Wildman–Crippen MR) is 370 cm³/mol. The smallest absolute Gasteiger partial charge is 0.463 e. The Labute approximate surface area is 585 Å². The van der Waals surface area contributed by atoms with Gasteiger partial charge in [-0.15, -0.1) is 0 Å². The second-order valence-corrected chi connectivity index (χ2v) is 28.8. The van der Waals surface area contributed by atoms with Crippen LogP contribution in [0.4, 0.5) is 0 Å². The summed E-state index contributed by atoms with van der Waals surface area (Å²) < 4.78 is 65.0. The highest BCUT2D eigenvalue weighted by molar-refractivity contribution is 7.47. The van der Waals surface area contributed by atoms with Crippen LogP contribution in [0.15, 0.2) is 24.3 Å². The fourth-order valence-corrected chi connectivity index (χ4v) is 13.4. The first kappa shape index (κ1) is 89.7. The van der Waals surface area contributed by atoms with Gasteiger partial charge >= 0.3 is 25.7 Å². The average molecular weight is 1430 g/mol. The quantitative estimate of drug-likeness (QED) is 0.00886. The minimum atomic E-state index is -5.70. The van der Waals surface area contributed by atoms with E-state index in [0.29, 0.717) is 19.3 Å². The predicted octanol–water partition coefficient (Wildman–Crippen LogP) is 10.5.